The Labute approximate surface area is 93.2 Å². The summed E-state index contributed by atoms with van der Waals surface area (Å²) in [6.45, 7) is 0.413. The number of methoxy groups -OCH3 is 1. The Morgan fingerprint density at radius 2 is 2.38 bits per heavy atom. The number of rotatable bonds is 1. The maximum atomic E-state index is 13.0. The Kier molecular flexibility index (Phi) is 3.08. The van der Waals surface area contributed by atoms with E-state index in [0.29, 0.717) is 25.2 Å². The highest BCUT2D eigenvalue weighted by Crippen LogP contribution is 2.28. The molecule has 1 atom stereocenters. The van der Waals surface area contributed by atoms with Gasteiger partial charge in [0, 0.05) is 6.07 Å². The highest BCUT2D eigenvalue weighted by atomic mass is 19.1. The Morgan fingerprint density at radius 3 is 3.12 bits per heavy atom. The number of halogens is 1. The van der Waals surface area contributed by atoms with Crippen LogP contribution in [-0.2, 0) is 16.0 Å². The van der Waals surface area contributed by atoms with Crippen molar-refractivity contribution in [2.75, 3.05) is 13.7 Å². The van der Waals surface area contributed by atoms with Crippen LogP contribution in [0.4, 0.5) is 4.39 Å². The number of carbonyl (C=O) groups is 1. The second-order valence-corrected chi connectivity index (χ2v) is 3.81. The summed E-state index contributed by atoms with van der Waals surface area (Å²) >= 11 is 0. The standard InChI is InChI=1S/C12H13FO3/c1-15-12(14)9-4-5-16-11-7-10(13)3-2-8(11)6-9/h2-3,7,9H,4-6H2,1H3. The van der Waals surface area contributed by atoms with Gasteiger partial charge in [-0.2, -0.15) is 0 Å². The van der Waals surface area contributed by atoms with Gasteiger partial charge in [-0.3, -0.25) is 4.79 Å². The van der Waals surface area contributed by atoms with Crippen molar-refractivity contribution in [1.29, 1.82) is 0 Å². The molecule has 2 rings (SSSR count). The summed E-state index contributed by atoms with van der Waals surface area (Å²) < 4.78 is 23.1. The molecule has 1 aromatic carbocycles. The number of benzene rings is 1. The van der Waals surface area contributed by atoms with Crippen LogP contribution in [0.25, 0.3) is 0 Å². The van der Waals surface area contributed by atoms with Gasteiger partial charge in [0.25, 0.3) is 0 Å². The average Bonchev–Trinajstić information content (AvgIpc) is 2.49. The first-order valence-electron chi connectivity index (χ1n) is 5.20. The second kappa shape index (κ2) is 4.51. The predicted molar refractivity (Wildman–Crippen MR) is 55.7 cm³/mol. The fraction of sp³-hybridized carbons (Fsp3) is 0.417. The summed E-state index contributed by atoms with van der Waals surface area (Å²) in [4.78, 5) is 11.4. The Hall–Kier alpha value is -1.58. The molecular weight excluding hydrogens is 211 g/mol. The van der Waals surface area contributed by atoms with Gasteiger partial charge in [0.2, 0.25) is 0 Å². The van der Waals surface area contributed by atoms with Crippen molar-refractivity contribution in [2.45, 2.75) is 12.8 Å². The van der Waals surface area contributed by atoms with Crippen LogP contribution in [0.2, 0.25) is 0 Å². The van der Waals surface area contributed by atoms with Crippen LogP contribution >= 0.6 is 0 Å². The van der Waals surface area contributed by atoms with Crippen LogP contribution in [0.1, 0.15) is 12.0 Å². The number of ether oxygens (including phenoxy) is 2. The maximum Gasteiger partial charge on any atom is 0.309 e. The first kappa shape index (κ1) is 10.9. The Morgan fingerprint density at radius 1 is 1.56 bits per heavy atom. The van der Waals surface area contributed by atoms with Crippen LogP contribution in [0.3, 0.4) is 0 Å². The third-order valence-electron chi connectivity index (χ3n) is 2.75. The molecule has 3 nitrogen and oxygen atoms in total. The molecule has 0 aromatic heterocycles. The Balaban J connectivity index is 2.24. The van der Waals surface area contributed by atoms with Crippen molar-refractivity contribution in [3.05, 3.63) is 29.6 Å². The van der Waals surface area contributed by atoms with Crippen molar-refractivity contribution in [3.8, 4) is 5.75 Å². The van der Waals surface area contributed by atoms with Crippen molar-refractivity contribution < 1.29 is 18.7 Å². The number of esters is 1. The number of fused-ring (bicyclic) bond motifs is 1. The fourth-order valence-corrected chi connectivity index (χ4v) is 1.88. The minimum atomic E-state index is -0.324. The van der Waals surface area contributed by atoms with Crippen molar-refractivity contribution in [2.24, 2.45) is 5.92 Å². The molecule has 86 valence electrons. The lowest BCUT2D eigenvalue weighted by molar-refractivity contribution is -0.145. The van der Waals surface area contributed by atoms with Crippen molar-refractivity contribution >= 4 is 5.97 Å². The summed E-state index contributed by atoms with van der Waals surface area (Å²) in [5.74, 6) is -0.223. The highest BCUT2D eigenvalue weighted by molar-refractivity contribution is 5.73. The molecule has 0 saturated heterocycles. The SMILES string of the molecule is COC(=O)C1CCOc2cc(F)ccc2C1. The van der Waals surface area contributed by atoms with Gasteiger partial charge in [-0.05, 0) is 24.5 Å². The molecule has 0 amide bonds. The van der Waals surface area contributed by atoms with E-state index in [1.54, 1.807) is 6.07 Å². The zero-order valence-corrected chi connectivity index (χ0v) is 9.03. The van der Waals surface area contributed by atoms with Crippen LogP contribution in [0.15, 0.2) is 18.2 Å². The molecule has 1 aromatic rings. The highest BCUT2D eigenvalue weighted by Gasteiger charge is 2.24. The lowest BCUT2D eigenvalue weighted by Gasteiger charge is -2.10. The van der Waals surface area contributed by atoms with Gasteiger partial charge in [0.1, 0.15) is 11.6 Å². The quantitative estimate of drug-likeness (QED) is 0.684. The monoisotopic (exact) mass is 224 g/mol. The van der Waals surface area contributed by atoms with E-state index in [4.69, 9.17) is 9.47 Å². The molecule has 0 saturated carbocycles. The molecule has 0 bridgehead atoms. The maximum absolute atomic E-state index is 13.0. The Bertz CT molecular complexity index is 403. The molecule has 4 heteroatoms. The molecule has 1 aliphatic rings. The zero-order valence-electron chi connectivity index (χ0n) is 9.03. The molecular formula is C12H13FO3. The van der Waals surface area contributed by atoms with E-state index in [9.17, 15) is 9.18 Å². The zero-order chi connectivity index (χ0) is 11.5. The predicted octanol–water partition coefficient (Wildman–Crippen LogP) is 1.94. The molecule has 0 aliphatic carbocycles. The van der Waals surface area contributed by atoms with Crippen LogP contribution in [0, 0.1) is 11.7 Å². The van der Waals surface area contributed by atoms with E-state index in [1.807, 2.05) is 0 Å². The first-order valence-corrected chi connectivity index (χ1v) is 5.20. The summed E-state index contributed by atoms with van der Waals surface area (Å²) in [6.07, 6.45) is 1.14. The van der Waals surface area contributed by atoms with Gasteiger partial charge in [0.05, 0.1) is 19.6 Å². The van der Waals surface area contributed by atoms with Crippen molar-refractivity contribution in [3.63, 3.8) is 0 Å². The first-order chi connectivity index (χ1) is 7.70. The van der Waals surface area contributed by atoms with Crippen molar-refractivity contribution in [1.82, 2.24) is 0 Å². The summed E-state index contributed by atoms with van der Waals surface area (Å²) in [6, 6.07) is 4.39. The molecule has 0 N–H and O–H groups in total. The van der Waals surface area contributed by atoms with Gasteiger partial charge < -0.3 is 9.47 Å². The topological polar surface area (TPSA) is 35.5 Å². The minimum Gasteiger partial charge on any atom is -0.493 e. The third kappa shape index (κ3) is 2.15. The molecule has 1 aliphatic heterocycles. The molecule has 1 unspecified atom stereocenters. The molecule has 0 spiro atoms. The third-order valence-corrected chi connectivity index (χ3v) is 2.75. The fourth-order valence-electron chi connectivity index (χ4n) is 1.88. The molecule has 1 heterocycles. The molecule has 0 radical (unpaired) electrons. The van der Waals surface area contributed by atoms with E-state index in [0.717, 1.165) is 5.56 Å². The second-order valence-electron chi connectivity index (χ2n) is 3.81. The minimum absolute atomic E-state index is 0.197. The van der Waals surface area contributed by atoms with E-state index in [2.05, 4.69) is 0 Å². The largest absolute Gasteiger partial charge is 0.493 e. The molecule has 16 heavy (non-hydrogen) atoms. The average molecular weight is 224 g/mol. The lowest BCUT2D eigenvalue weighted by atomic mass is 9.97. The lowest BCUT2D eigenvalue weighted by Crippen LogP contribution is -2.19. The summed E-state index contributed by atoms with van der Waals surface area (Å²) in [5, 5.41) is 0. The van der Waals surface area contributed by atoms with Gasteiger partial charge in [0.15, 0.2) is 0 Å². The normalized spacial score (nSPS) is 19.2. The van der Waals surface area contributed by atoms with E-state index in [-0.39, 0.29) is 17.7 Å². The van der Waals surface area contributed by atoms with Gasteiger partial charge in [-0.25, -0.2) is 4.39 Å². The van der Waals surface area contributed by atoms with Crippen LogP contribution < -0.4 is 4.74 Å². The van der Waals surface area contributed by atoms with E-state index in [1.165, 1.54) is 19.2 Å². The number of hydrogen-bond donors (Lipinski definition) is 0. The van der Waals surface area contributed by atoms with E-state index >= 15 is 0 Å². The smallest absolute Gasteiger partial charge is 0.309 e. The molecule has 0 fully saturated rings. The summed E-state index contributed by atoms with van der Waals surface area (Å²) in [5.41, 5.74) is 0.856. The van der Waals surface area contributed by atoms with Gasteiger partial charge >= 0.3 is 5.97 Å². The van der Waals surface area contributed by atoms with Crippen LogP contribution in [-0.4, -0.2) is 19.7 Å². The number of hydrogen-bond acceptors (Lipinski definition) is 3. The summed E-state index contributed by atoms with van der Waals surface area (Å²) in [7, 11) is 1.37. The van der Waals surface area contributed by atoms with Crippen LogP contribution in [0.5, 0.6) is 5.75 Å². The van der Waals surface area contributed by atoms with Gasteiger partial charge in [-0.15, -0.1) is 0 Å². The van der Waals surface area contributed by atoms with E-state index < -0.39 is 0 Å². The van der Waals surface area contributed by atoms with Gasteiger partial charge in [-0.1, -0.05) is 6.07 Å². The number of carbonyl (C=O) groups excluding carboxylic acids is 1.